The SMILES string of the molecule is CCCCN1C(=O)C(=O)/C(=C(/O)c2cc(Cl)c(OC)c(Cl)c2)C1c1ccc(O)cc1. The number of Topliss-reactive ketones (excluding diaryl/α,β-unsaturated/α-hetero) is 1. The van der Waals surface area contributed by atoms with E-state index in [1.54, 1.807) is 12.1 Å². The molecule has 30 heavy (non-hydrogen) atoms. The molecule has 1 aliphatic rings. The maximum atomic E-state index is 12.9. The van der Waals surface area contributed by atoms with Gasteiger partial charge in [0.15, 0.2) is 5.75 Å². The van der Waals surface area contributed by atoms with Crippen LogP contribution in [0.25, 0.3) is 5.76 Å². The lowest BCUT2D eigenvalue weighted by Gasteiger charge is -2.25. The van der Waals surface area contributed by atoms with Crippen molar-refractivity contribution < 1.29 is 24.5 Å². The molecule has 2 aromatic rings. The van der Waals surface area contributed by atoms with Gasteiger partial charge in [0.2, 0.25) is 0 Å². The lowest BCUT2D eigenvalue weighted by molar-refractivity contribution is -0.139. The van der Waals surface area contributed by atoms with Crippen molar-refractivity contribution in [3.63, 3.8) is 0 Å². The first-order valence-electron chi connectivity index (χ1n) is 9.40. The van der Waals surface area contributed by atoms with Crippen LogP contribution in [-0.4, -0.2) is 40.5 Å². The van der Waals surface area contributed by atoms with Gasteiger partial charge in [-0.3, -0.25) is 9.59 Å². The van der Waals surface area contributed by atoms with Gasteiger partial charge in [0.1, 0.15) is 11.5 Å². The molecule has 1 heterocycles. The Morgan fingerprint density at radius 3 is 2.27 bits per heavy atom. The predicted molar refractivity (Wildman–Crippen MR) is 115 cm³/mol. The number of hydrogen-bond acceptors (Lipinski definition) is 5. The second-order valence-corrected chi connectivity index (χ2v) is 7.73. The van der Waals surface area contributed by atoms with Gasteiger partial charge < -0.3 is 19.8 Å². The number of rotatable bonds is 6. The Bertz CT molecular complexity index is 994. The molecule has 6 nitrogen and oxygen atoms in total. The van der Waals surface area contributed by atoms with E-state index in [1.165, 1.54) is 36.3 Å². The minimum Gasteiger partial charge on any atom is -0.508 e. The molecule has 2 aromatic carbocycles. The minimum atomic E-state index is -0.795. The molecule has 0 aromatic heterocycles. The number of likely N-dealkylation sites (tertiary alicyclic amines) is 1. The summed E-state index contributed by atoms with van der Waals surface area (Å²) in [5.41, 5.74) is 0.734. The number of phenolic OH excluding ortho intramolecular Hbond substituents is 1. The standard InChI is InChI=1S/C22H21Cl2NO5/c1-3-4-9-25-18(12-5-7-14(26)8-6-12)17(20(28)22(25)29)19(27)13-10-15(23)21(30-2)16(24)11-13/h5-8,10-11,18,26-27H,3-4,9H2,1-2H3/b19-17+. The molecule has 0 radical (unpaired) electrons. The number of carbonyl (C=O) groups is 2. The van der Waals surface area contributed by atoms with E-state index in [9.17, 15) is 19.8 Å². The molecule has 1 atom stereocenters. The van der Waals surface area contributed by atoms with Crippen molar-refractivity contribution in [2.24, 2.45) is 0 Å². The quantitative estimate of drug-likeness (QED) is 0.370. The van der Waals surface area contributed by atoms with Crippen LogP contribution in [0.5, 0.6) is 11.5 Å². The lowest BCUT2D eigenvalue weighted by atomic mass is 9.95. The number of benzene rings is 2. The number of ether oxygens (including phenoxy) is 1. The Morgan fingerprint density at radius 2 is 1.73 bits per heavy atom. The van der Waals surface area contributed by atoms with E-state index >= 15 is 0 Å². The second-order valence-electron chi connectivity index (χ2n) is 6.91. The molecule has 0 spiro atoms. The minimum absolute atomic E-state index is 0.0537. The Labute approximate surface area is 184 Å². The van der Waals surface area contributed by atoms with Crippen LogP contribution in [0.4, 0.5) is 0 Å². The van der Waals surface area contributed by atoms with Crippen LogP contribution in [0.1, 0.15) is 36.9 Å². The van der Waals surface area contributed by atoms with Gasteiger partial charge in [-0.15, -0.1) is 0 Å². The zero-order chi connectivity index (χ0) is 22.0. The summed E-state index contributed by atoms with van der Waals surface area (Å²) in [6.45, 7) is 2.33. The summed E-state index contributed by atoms with van der Waals surface area (Å²) in [7, 11) is 1.41. The summed E-state index contributed by atoms with van der Waals surface area (Å²) in [5, 5.41) is 21.0. The molecular weight excluding hydrogens is 429 g/mol. The fraction of sp³-hybridized carbons (Fsp3) is 0.273. The number of carbonyl (C=O) groups excluding carboxylic acids is 2. The highest BCUT2D eigenvalue weighted by molar-refractivity contribution is 6.46. The molecular formula is C22H21Cl2NO5. The molecule has 1 saturated heterocycles. The van der Waals surface area contributed by atoms with Crippen molar-refractivity contribution in [3.05, 3.63) is 63.1 Å². The van der Waals surface area contributed by atoms with Crippen molar-refractivity contribution in [2.45, 2.75) is 25.8 Å². The number of phenols is 1. The summed E-state index contributed by atoms with van der Waals surface area (Å²) in [5.74, 6) is -1.55. The Kier molecular flexibility index (Phi) is 6.58. The predicted octanol–water partition coefficient (Wildman–Crippen LogP) is 4.93. The number of hydrogen-bond donors (Lipinski definition) is 2. The Hall–Kier alpha value is -2.70. The summed E-state index contributed by atoms with van der Waals surface area (Å²) in [4.78, 5) is 27.1. The number of nitrogens with zero attached hydrogens (tertiary/aromatic N) is 1. The third kappa shape index (κ3) is 3.98. The average Bonchev–Trinajstić information content (AvgIpc) is 2.96. The zero-order valence-electron chi connectivity index (χ0n) is 16.5. The normalized spacial score (nSPS) is 18.1. The third-order valence-electron chi connectivity index (χ3n) is 4.98. The van der Waals surface area contributed by atoms with E-state index in [-0.39, 0.29) is 38.4 Å². The zero-order valence-corrected chi connectivity index (χ0v) is 18.0. The van der Waals surface area contributed by atoms with E-state index in [0.29, 0.717) is 18.5 Å². The smallest absolute Gasteiger partial charge is 0.295 e. The van der Waals surface area contributed by atoms with Crippen molar-refractivity contribution in [1.82, 2.24) is 4.90 Å². The summed E-state index contributed by atoms with van der Waals surface area (Å²) < 4.78 is 5.12. The second kappa shape index (κ2) is 8.98. The number of halogens is 2. The van der Waals surface area contributed by atoms with Gasteiger partial charge in [0.25, 0.3) is 11.7 Å². The van der Waals surface area contributed by atoms with Gasteiger partial charge >= 0.3 is 0 Å². The average molecular weight is 450 g/mol. The number of aliphatic hydroxyl groups excluding tert-OH is 1. The third-order valence-corrected chi connectivity index (χ3v) is 5.54. The van der Waals surface area contributed by atoms with Gasteiger partial charge in [0, 0.05) is 12.1 Å². The number of methoxy groups -OCH3 is 1. The molecule has 1 aliphatic heterocycles. The number of amides is 1. The van der Waals surface area contributed by atoms with Gasteiger partial charge in [0.05, 0.1) is 28.8 Å². The lowest BCUT2D eigenvalue weighted by Crippen LogP contribution is -2.30. The van der Waals surface area contributed by atoms with Crippen LogP contribution < -0.4 is 4.74 Å². The molecule has 0 saturated carbocycles. The highest BCUT2D eigenvalue weighted by atomic mass is 35.5. The Morgan fingerprint density at radius 1 is 1.13 bits per heavy atom. The van der Waals surface area contributed by atoms with E-state index in [1.807, 2.05) is 6.92 Å². The monoisotopic (exact) mass is 449 g/mol. The summed E-state index contributed by atoms with van der Waals surface area (Å²) >= 11 is 12.4. The first kappa shape index (κ1) is 22.0. The molecule has 2 N–H and O–H groups in total. The largest absolute Gasteiger partial charge is 0.508 e. The molecule has 8 heteroatoms. The first-order chi connectivity index (χ1) is 14.3. The summed E-state index contributed by atoms with van der Waals surface area (Å²) in [6, 6.07) is 8.23. The van der Waals surface area contributed by atoms with E-state index in [0.717, 1.165) is 6.42 Å². The fourth-order valence-corrected chi connectivity index (χ4v) is 4.13. The number of ketones is 1. The van der Waals surface area contributed by atoms with Crippen molar-refractivity contribution in [3.8, 4) is 11.5 Å². The topological polar surface area (TPSA) is 87.1 Å². The van der Waals surface area contributed by atoms with Crippen LogP contribution in [0.15, 0.2) is 42.0 Å². The van der Waals surface area contributed by atoms with Gasteiger partial charge in [-0.25, -0.2) is 0 Å². The molecule has 3 rings (SSSR count). The maximum absolute atomic E-state index is 12.9. The van der Waals surface area contributed by atoms with Crippen LogP contribution in [0, 0.1) is 0 Å². The van der Waals surface area contributed by atoms with E-state index < -0.39 is 17.7 Å². The van der Waals surface area contributed by atoms with Gasteiger partial charge in [-0.05, 0) is 36.2 Å². The number of aromatic hydroxyl groups is 1. The van der Waals surface area contributed by atoms with Gasteiger partial charge in [-0.1, -0.05) is 48.7 Å². The summed E-state index contributed by atoms with van der Waals surface area (Å²) in [6.07, 6.45) is 1.52. The van der Waals surface area contributed by atoms with Crippen molar-refractivity contribution >= 4 is 40.7 Å². The first-order valence-corrected chi connectivity index (χ1v) is 10.2. The van der Waals surface area contributed by atoms with E-state index in [4.69, 9.17) is 27.9 Å². The molecule has 1 amide bonds. The molecule has 158 valence electrons. The molecule has 1 fully saturated rings. The highest BCUT2D eigenvalue weighted by Gasteiger charge is 2.45. The maximum Gasteiger partial charge on any atom is 0.295 e. The van der Waals surface area contributed by atoms with E-state index in [2.05, 4.69) is 0 Å². The van der Waals surface area contributed by atoms with Crippen LogP contribution in [0.3, 0.4) is 0 Å². The van der Waals surface area contributed by atoms with Crippen molar-refractivity contribution in [2.75, 3.05) is 13.7 Å². The fourth-order valence-electron chi connectivity index (χ4n) is 3.49. The van der Waals surface area contributed by atoms with Crippen LogP contribution in [0.2, 0.25) is 10.0 Å². The van der Waals surface area contributed by atoms with Crippen molar-refractivity contribution in [1.29, 1.82) is 0 Å². The molecule has 0 aliphatic carbocycles. The van der Waals surface area contributed by atoms with Crippen LogP contribution >= 0.6 is 23.2 Å². The molecule has 0 bridgehead atoms. The van der Waals surface area contributed by atoms with Gasteiger partial charge in [-0.2, -0.15) is 0 Å². The number of aliphatic hydroxyl groups is 1. The molecule has 1 unspecified atom stereocenters. The Balaban J connectivity index is 2.19. The number of unbranched alkanes of at least 4 members (excludes halogenated alkanes) is 1. The van der Waals surface area contributed by atoms with Crippen LogP contribution in [-0.2, 0) is 9.59 Å². The highest BCUT2D eigenvalue weighted by Crippen LogP contribution is 2.42.